The third-order valence-electron chi connectivity index (χ3n) is 5.20. The summed E-state index contributed by atoms with van der Waals surface area (Å²) in [6.07, 6.45) is 11.7. The highest BCUT2D eigenvalue weighted by molar-refractivity contribution is 6.04. The predicted molar refractivity (Wildman–Crippen MR) is 122 cm³/mol. The van der Waals surface area contributed by atoms with Gasteiger partial charge < -0.3 is 14.6 Å². The lowest BCUT2D eigenvalue weighted by Gasteiger charge is -2.10. The summed E-state index contributed by atoms with van der Waals surface area (Å²) in [5.41, 5.74) is 4.56. The number of hydrogen-bond acceptors (Lipinski definition) is 6. The Bertz CT molecular complexity index is 1000. The molecule has 6 heteroatoms. The molecule has 1 aromatic heterocycles. The molecule has 2 aromatic rings. The fraction of sp³-hybridized carbons (Fsp3) is 0.400. The second kappa shape index (κ2) is 11.5. The van der Waals surface area contributed by atoms with Gasteiger partial charge in [-0.2, -0.15) is 0 Å². The van der Waals surface area contributed by atoms with Crippen LogP contribution < -0.4 is 0 Å². The van der Waals surface area contributed by atoms with Crippen LogP contribution in [0.1, 0.15) is 69.3 Å². The molecule has 0 aliphatic rings. The van der Waals surface area contributed by atoms with Crippen molar-refractivity contribution in [2.24, 2.45) is 0 Å². The molecule has 0 atom stereocenters. The van der Waals surface area contributed by atoms with Crippen molar-refractivity contribution in [3.05, 3.63) is 58.4 Å². The summed E-state index contributed by atoms with van der Waals surface area (Å²) in [6.45, 7) is 7.82. The molecule has 168 valence electrons. The number of carbonyl (C=O) groups is 1. The van der Waals surface area contributed by atoms with Gasteiger partial charge in [0.2, 0.25) is 0 Å². The Kier molecular flexibility index (Phi) is 9.09. The predicted octanol–water partition coefficient (Wildman–Crippen LogP) is 6.48. The van der Waals surface area contributed by atoms with E-state index in [0.29, 0.717) is 12.0 Å². The molecule has 0 saturated heterocycles. The van der Waals surface area contributed by atoms with Gasteiger partial charge in [0, 0.05) is 11.1 Å². The minimum Gasteiger partial charge on any atom is -0.507 e. The number of hydrogen-bond donors (Lipinski definition) is 3. The molecule has 0 unspecified atom stereocenters. The molecule has 2 rings (SSSR count). The molecular weight excluding hydrogens is 396 g/mol. The van der Waals surface area contributed by atoms with Crippen LogP contribution in [-0.4, -0.2) is 27.9 Å². The third kappa shape index (κ3) is 6.84. The molecule has 1 heterocycles. The standard InChI is InChI=1S/C25H32O6/c1-16(2)7-5-8-17(3)9-6-10-18(4)11-12-19-20(21(26)15-31-29)13-23-24(25(19)28)22(27)14-30-23/h7,9,11,13-14,27-29H,5-6,8,10,12,15H2,1-4H3. The Morgan fingerprint density at radius 2 is 1.68 bits per heavy atom. The van der Waals surface area contributed by atoms with E-state index in [-0.39, 0.29) is 28.0 Å². The summed E-state index contributed by atoms with van der Waals surface area (Å²) in [6, 6.07) is 1.45. The maximum absolute atomic E-state index is 12.4. The SMILES string of the molecule is CC(C)=CCCC(C)=CCCC(C)=CCc1c(C(=O)COO)cc2occ(O)c2c1O. The van der Waals surface area contributed by atoms with Crippen molar-refractivity contribution in [2.75, 3.05) is 6.61 Å². The number of Topliss-reactive ketones (excluding diaryl/α,β-unsaturated/α-hetero) is 1. The molecular formula is C25H32O6. The minimum atomic E-state index is -0.538. The van der Waals surface area contributed by atoms with Crippen LogP contribution in [0.4, 0.5) is 0 Å². The molecule has 0 amide bonds. The van der Waals surface area contributed by atoms with E-state index in [1.165, 1.54) is 17.2 Å². The van der Waals surface area contributed by atoms with E-state index in [0.717, 1.165) is 37.5 Å². The fourth-order valence-electron chi connectivity index (χ4n) is 3.41. The van der Waals surface area contributed by atoms with E-state index in [1.54, 1.807) is 0 Å². The number of benzene rings is 1. The van der Waals surface area contributed by atoms with Crippen molar-refractivity contribution in [1.82, 2.24) is 0 Å². The van der Waals surface area contributed by atoms with Crippen molar-refractivity contribution >= 4 is 16.8 Å². The normalized spacial score (nSPS) is 12.4. The van der Waals surface area contributed by atoms with E-state index < -0.39 is 12.4 Å². The van der Waals surface area contributed by atoms with Crippen LogP contribution in [0.3, 0.4) is 0 Å². The number of phenolic OH excluding ortho intramolecular Hbond substituents is 1. The first kappa shape index (κ1) is 24.4. The van der Waals surface area contributed by atoms with Gasteiger partial charge in [-0.25, -0.2) is 4.89 Å². The van der Waals surface area contributed by atoms with Gasteiger partial charge in [0.1, 0.15) is 29.6 Å². The van der Waals surface area contributed by atoms with Crippen molar-refractivity contribution in [1.29, 1.82) is 0 Å². The van der Waals surface area contributed by atoms with Crippen molar-refractivity contribution < 1.29 is 29.6 Å². The molecule has 0 radical (unpaired) electrons. The Hall–Kier alpha value is -2.83. The molecule has 3 N–H and O–H groups in total. The van der Waals surface area contributed by atoms with Crippen LogP contribution in [0.25, 0.3) is 11.0 Å². The fourth-order valence-corrected chi connectivity index (χ4v) is 3.41. The number of furan rings is 1. The summed E-state index contributed by atoms with van der Waals surface area (Å²) >= 11 is 0. The maximum atomic E-state index is 12.4. The largest absolute Gasteiger partial charge is 0.507 e. The van der Waals surface area contributed by atoms with Crippen molar-refractivity contribution in [2.45, 2.75) is 59.8 Å². The zero-order chi connectivity index (χ0) is 23.0. The summed E-state index contributed by atoms with van der Waals surface area (Å²) in [4.78, 5) is 16.3. The number of carbonyl (C=O) groups excluding carboxylic acids is 1. The number of aromatic hydroxyl groups is 2. The highest BCUT2D eigenvalue weighted by Crippen LogP contribution is 2.39. The van der Waals surface area contributed by atoms with Gasteiger partial charge in [-0.3, -0.25) is 10.1 Å². The molecule has 31 heavy (non-hydrogen) atoms. The van der Waals surface area contributed by atoms with Crippen molar-refractivity contribution in [3.63, 3.8) is 0 Å². The Morgan fingerprint density at radius 3 is 2.32 bits per heavy atom. The lowest BCUT2D eigenvalue weighted by atomic mass is 9.96. The van der Waals surface area contributed by atoms with E-state index >= 15 is 0 Å². The zero-order valence-corrected chi connectivity index (χ0v) is 18.7. The lowest BCUT2D eigenvalue weighted by molar-refractivity contribution is -0.230. The Labute approximate surface area is 183 Å². The first-order valence-corrected chi connectivity index (χ1v) is 10.4. The third-order valence-corrected chi connectivity index (χ3v) is 5.20. The number of allylic oxidation sites excluding steroid dienone is 6. The van der Waals surface area contributed by atoms with Gasteiger partial charge in [-0.05, 0) is 65.9 Å². The molecule has 6 nitrogen and oxygen atoms in total. The van der Waals surface area contributed by atoms with E-state index in [4.69, 9.17) is 9.67 Å². The maximum Gasteiger partial charge on any atom is 0.192 e. The lowest BCUT2D eigenvalue weighted by Crippen LogP contribution is -2.10. The zero-order valence-electron chi connectivity index (χ0n) is 18.7. The summed E-state index contributed by atoms with van der Waals surface area (Å²) in [5, 5.41) is 29.5. The smallest absolute Gasteiger partial charge is 0.192 e. The number of ketones is 1. The van der Waals surface area contributed by atoms with E-state index in [1.807, 2.05) is 13.0 Å². The van der Waals surface area contributed by atoms with E-state index in [9.17, 15) is 15.0 Å². The van der Waals surface area contributed by atoms with Gasteiger partial charge in [0.15, 0.2) is 11.5 Å². The summed E-state index contributed by atoms with van der Waals surface area (Å²) in [7, 11) is 0. The topological polar surface area (TPSA) is 100 Å². The van der Waals surface area contributed by atoms with Crippen LogP contribution >= 0.6 is 0 Å². The molecule has 0 saturated carbocycles. The van der Waals surface area contributed by atoms with Crippen LogP contribution in [0.2, 0.25) is 0 Å². The number of rotatable bonds is 11. The van der Waals surface area contributed by atoms with Crippen molar-refractivity contribution in [3.8, 4) is 11.5 Å². The highest BCUT2D eigenvalue weighted by atomic mass is 17.1. The Balaban J connectivity index is 2.14. The summed E-state index contributed by atoms with van der Waals surface area (Å²) < 4.78 is 5.20. The number of fused-ring (bicyclic) bond motifs is 1. The van der Waals surface area contributed by atoms with Gasteiger partial charge in [0.05, 0.1) is 0 Å². The van der Waals surface area contributed by atoms with Crippen LogP contribution in [0.15, 0.2) is 51.7 Å². The van der Waals surface area contributed by atoms with Gasteiger partial charge in [-0.1, -0.05) is 34.9 Å². The van der Waals surface area contributed by atoms with Gasteiger partial charge in [-0.15, -0.1) is 0 Å². The van der Waals surface area contributed by atoms with Crippen LogP contribution in [-0.2, 0) is 11.3 Å². The quantitative estimate of drug-likeness (QED) is 0.164. The van der Waals surface area contributed by atoms with Crippen LogP contribution in [0, 0.1) is 0 Å². The van der Waals surface area contributed by atoms with E-state index in [2.05, 4.69) is 37.8 Å². The monoisotopic (exact) mass is 428 g/mol. The molecule has 1 aromatic carbocycles. The molecule has 0 spiro atoms. The second-order valence-corrected chi connectivity index (χ2v) is 8.11. The average Bonchev–Trinajstić information content (AvgIpc) is 3.08. The second-order valence-electron chi connectivity index (χ2n) is 8.11. The summed E-state index contributed by atoms with van der Waals surface area (Å²) in [5.74, 6) is -0.892. The first-order valence-electron chi connectivity index (χ1n) is 10.4. The Morgan fingerprint density at radius 1 is 1.03 bits per heavy atom. The first-order chi connectivity index (χ1) is 14.7. The number of phenols is 1. The molecule has 0 fully saturated rings. The minimum absolute atomic E-state index is 0.164. The highest BCUT2D eigenvalue weighted by Gasteiger charge is 2.21. The molecule has 0 bridgehead atoms. The molecule has 0 aliphatic heterocycles. The molecule has 0 aliphatic carbocycles. The van der Waals surface area contributed by atoms with Crippen LogP contribution in [0.5, 0.6) is 11.5 Å². The van der Waals surface area contributed by atoms with Gasteiger partial charge in [0.25, 0.3) is 0 Å². The average molecular weight is 429 g/mol. The van der Waals surface area contributed by atoms with Gasteiger partial charge >= 0.3 is 0 Å².